The maximum atomic E-state index is 13.3. The highest BCUT2D eigenvalue weighted by atomic mass is 32.2. The average molecular weight is 475 g/mol. The molecule has 0 unspecified atom stereocenters. The van der Waals surface area contributed by atoms with Crippen molar-refractivity contribution in [3.8, 4) is 0 Å². The molecule has 1 N–H and O–H groups in total. The number of amides is 1. The van der Waals surface area contributed by atoms with E-state index in [9.17, 15) is 17.6 Å². The number of carbonyl (C=O) groups excluding carboxylic acids is 1. The molecule has 2 heterocycles. The van der Waals surface area contributed by atoms with Gasteiger partial charge in [-0.1, -0.05) is 23.5 Å². The van der Waals surface area contributed by atoms with Crippen molar-refractivity contribution in [2.45, 2.75) is 37.5 Å². The lowest BCUT2D eigenvalue weighted by Crippen LogP contribution is -2.37. The van der Waals surface area contributed by atoms with Crippen LogP contribution in [-0.4, -0.2) is 41.9 Å². The van der Waals surface area contributed by atoms with E-state index < -0.39 is 21.7 Å². The average Bonchev–Trinajstić information content (AvgIpc) is 3.24. The first-order valence-corrected chi connectivity index (χ1v) is 12.5. The van der Waals surface area contributed by atoms with Crippen molar-refractivity contribution >= 4 is 33.0 Å². The number of hydrogen-bond donors (Lipinski definition) is 1. The van der Waals surface area contributed by atoms with Gasteiger partial charge in [-0.15, -0.1) is 10.2 Å². The number of aryl methyl sites for hydroxylation is 2. The largest absolute Gasteiger partial charge is 0.320 e. The monoisotopic (exact) mass is 474 g/mol. The number of sulfonamides is 1. The Morgan fingerprint density at radius 2 is 1.78 bits per heavy atom. The summed E-state index contributed by atoms with van der Waals surface area (Å²) in [6, 6.07) is 11.0. The minimum Gasteiger partial charge on any atom is -0.320 e. The van der Waals surface area contributed by atoms with Gasteiger partial charge in [-0.2, -0.15) is 4.31 Å². The van der Waals surface area contributed by atoms with E-state index in [4.69, 9.17) is 0 Å². The third kappa shape index (κ3) is 4.87. The summed E-state index contributed by atoms with van der Waals surface area (Å²) in [7, 11) is -3.55. The SMILES string of the molecule is Cc1cc(C)cc(S(=O)(=O)N2CCC(c3nnc(C(=O)Nc4cccc(F)c4)s3)CC2)c1. The van der Waals surface area contributed by atoms with Crippen LogP contribution in [0.3, 0.4) is 0 Å². The lowest BCUT2D eigenvalue weighted by molar-refractivity contribution is 0.102. The summed E-state index contributed by atoms with van der Waals surface area (Å²) in [5, 5.41) is 11.6. The molecule has 0 aliphatic carbocycles. The molecule has 32 heavy (non-hydrogen) atoms. The summed E-state index contributed by atoms with van der Waals surface area (Å²) in [5.74, 6) is -0.855. The van der Waals surface area contributed by atoms with Crippen LogP contribution >= 0.6 is 11.3 Å². The third-order valence-corrected chi connectivity index (χ3v) is 8.31. The minimum atomic E-state index is -3.55. The number of nitrogens with one attached hydrogen (secondary N) is 1. The van der Waals surface area contributed by atoms with Gasteiger partial charge in [0, 0.05) is 24.7 Å². The van der Waals surface area contributed by atoms with Gasteiger partial charge < -0.3 is 5.32 Å². The number of nitrogens with zero attached hydrogens (tertiary/aromatic N) is 3. The number of rotatable bonds is 5. The van der Waals surface area contributed by atoms with E-state index in [1.54, 1.807) is 18.2 Å². The molecule has 168 valence electrons. The van der Waals surface area contributed by atoms with Gasteiger partial charge in [-0.3, -0.25) is 4.79 Å². The number of carbonyl (C=O) groups is 1. The number of hydrogen-bond acceptors (Lipinski definition) is 6. The number of piperidine rings is 1. The summed E-state index contributed by atoms with van der Waals surface area (Å²) in [6.45, 7) is 4.53. The molecule has 7 nitrogen and oxygen atoms in total. The molecule has 1 amide bonds. The first-order chi connectivity index (χ1) is 15.2. The van der Waals surface area contributed by atoms with Crippen LogP contribution in [0.15, 0.2) is 47.4 Å². The Hall–Kier alpha value is -2.69. The fourth-order valence-electron chi connectivity index (χ4n) is 3.82. The molecule has 10 heteroatoms. The van der Waals surface area contributed by atoms with Crippen LogP contribution in [0.1, 0.15) is 44.7 Å². The van der Waals surface area contributed by atoms with E-state index in [0.29, 0.717) is 41.5 Å². The first-order valence-electron chi connectivity index (χ1n) is 10.2. The maximum Gasteiger partial charge on any atom is 0.286 e. The molecular formula is C22H23FN4O3S2. The van der Waals surface area contributed by atoms with Crippen LogP contribution in [0.4, 0.5) is 10.1 Å². The lowest BCUT2D eigenvalue weighted by Gasteiger charge is -2.30. The van der Waals surface area contributed by atoms with Crippen molar-refractivity contribution < 1.29 is 17.6 Å². The molecule has 0 saturated carbocycles. The normalized spacial score (nSPS) is 15.6. The number of aromatic nitrogens is 2. The van der Waals surface area contributed by atoms with Crippen LogP contribution in [0.25, 0.3) is 0 Å². The van der Waals surface area contributed by atoms with Crippen molar-refractivity contribution in [2.75, 3.05) is 18.4 Å². The standard InChI is InChI=1S/C22H23FN4O3S2/c1-14-10-15(2)12-19(11-14)32(29,30)27-8-6-16(7-9-27)21-25-26-22(31-21)20(28)24-18-5-3-4-17(23)13-18/h3-5,10-13,16H,6-9H2,1-2H3,(H,24,28). The number of benzene rings is 2. The van der Waals surface area contributed by atoms with E-state index in [0.717, 1.165) is 11.1 Å². The summed E-state index contributed by atoms with van der Waals surface area (Å²) in [6.07, 6.45) is 1.20. The molecule has 1 fully saturated rings. The summed E-state index contributed by atoms with van der Waals surface area (Å²) < 4.78 is 40.9. The number of halogens is 1. The highest BCUT2D eigenvalue weighted by Crippen LogP contribution is 2.32. The zero-order valence-corrected chi connectivity index (χ0v) is 19.3. The summed E-state index contributed by atoms with van der Waals surface area (Å²) in [5.41, 5.74) is 2.17. The summed E-state index contributed by atoms with van der Waals surface area (Å²) in [4.78, 5) is 12.7. The predicted octanol–water partition coefficient (Wildman–Crippen LogP) is 4.11. The Labute approximate surface area is 190 Å². The zero-order chi connectivity index (χ0) is 22.9. The van der Waals surface area contributed by atoms with Gasteiger partial charge in [0.15, 0.2) is 0 Å². The second-order valence-corrected chi connectivity index (χ2v) is 10.9. The minimum absolute atomic E-state index is 0.0360. The fraction of sp³-hybridized carbons (Fsp3) is 0.318. The lowest BCUT2D eigenvalue weighted by atomic mass is 9.99. The maximum absolute atomic E-state index is 13.3. The molecule has 1 aromatic heterocycles. The van der Waals surface area contributed by atoms with Gasteiger partial charge in [-0.25, -0.2) is 12.8 Å². The van der Waals surface area contributed by atoms with Crippen molar-refractivity contribution in [3.63, 3.8) is 0 Å². The molecule has 0 bridgehead atoms. The van der Waals surface area contributed by atoms with Gasteiger partial charge >= 0.3 is 0 Å². The molecule has 0 atom stereocenters. The topological polar surface area (TPSA) is 92.3 Å². The van der Waals surface area contributed by atoms with Gasteiger partial charge in [0.05, 0.1) is 4.90 Å². The Balaban J connectivity index is 1.40. The number of anilines is 1. The highest BCUT2D eigenvalue weighted by Gasteiger charge is 2.32. The van der Waals surface area contributed by atoms with E-state index in [1.807, 2.05) is 19.9 Å². The predicted molar refractivity (Wildman–Crippen MR) is 121 cm³/mol. The Kier molecular flexibility index (Phi) is 6.36. The Bertz CT molecular complexity index is 1230. The molecule has 0 spiro atoms. The van der Waals surface area contributed by atoms with Gasteiger partial charge in [-0.05, 0) is 68.1 Å². The molecule has 3 aromatic rings. The van der Waals surface area contributed by atoms with Crippen LogP contribution in [0, 0.1) is 19.7 Å². The molecule has 4 rings (SSSR count). The van der Waals surface area contributed by atoms with Gasteiger partial charge in [0.1, 0.15) is 10.8 Å². The van der Waals surface area contributed by atoms with E-state index in [1.165, 1.54) is 33.8 Å². The molecule has 2 aromatic carbocycles. The molecule has 0 radical (unpaired) electrons. The molecule has 1 aliphatic heterocycles. The first kappa shape index (κ1) is 22.5. The van der Waals surface area contributed by atoms with Crippen molar-refractivity contribution in [3.05, 3.63) is 69.4 Å². The second kappa shape index (κ2) is 9.05. The van der Waals surface area contributed by atoms with E-state index >= 15 is 0 Å². The Morgan fingerprint density at radius 3 is 2.44 bits per heavy atom. The van der Waals surface area contributed by atoms with E-state index in [-0.39, 0.29) is 10.9 Å². The van der Waals surface area contributed by atoms with Crippen LogP contribution in [0.5, 0.6) is 0 Å². The smallest absolute Gasteiger partial charge is 0.286 e. The van der Waals surface area contributed by atoms with Crippen molar-refractivity contribution in [2.24, 2.45) is 0 Å². The van der Waals surface area contributed by atoms with Crippen LogP contribution in [0.2, 0.25) is 0 Å². The fourth-order valence-corrected chi connectivity index (χ4v) is 6.38. The Morgan fingerprint density at radius 1 is 1.09 bits per heavy atom. The third-order valence-electron chi connectivity index (χ3n) is 5.35. The van der Waals surface area contributed by atoms with Crippen LogP contribution < -0.4 is 5.32 Å². The van der Waals surface area contributed by atoms with Crippen molar-refractivity contribution in [1.29, 1.82) is 0 Å². The highest BCUT2D eigenvalue weighted by molar-refractivity contribution is 7.89. The molecular weight excluding hydrogens is 451 g/mol. The quantitative estimate of drug-likeness (QED) is 0.601. The van der Waals surface area contributed by atoms with Gasteiger partial charge in [0.25, 0.3) is 5.91 Å². The second-order valence-electron chi connectivity index (χ2n) is 7.91. The summed E-state index contributed by atoms with van der Waals surface area (Å²) >= 11 is 1.18. The molecule has 1 saturated heterocycles. The van der Waals surface area contributed by atoms with Gasteiger partial charge in [0.2, 0.25) is 15.0 Å². The zero-order valence-electron chi connectivity index (χ0n) is 17.7. The van der Waals surface area contributed by atoms with Crippen LogP contribution in [-0.2, 0) is 10.0 Å². The van der Waals surface area contributed by atoms with E-state index in [2.05, 4.69) is 15.5 Å². The molecule has 1 aliphatic rings. The van der Waals surface area contributed by atoms with Crippen molar-refractivity contribution in [1.82, 2.24) is 14.5 Å².